The van der Waals surface area contributed by atoms with Crippen LogP contribution < -0.4 is 5.73 Å². The number of hydrogen-bond donors (Lipinski definition) is 1. The fraction of sp³-hybridized carbons (Fsp3) is 0.0625. The molecule has 0 aliphatic heterocycles. The first-order chi connectivity index (χ1) is 12.5. The first-order valence-corrected chi connectivity index (χ1v) is 8.76. The number of sulfone groups is 1. The van der Waals surface area contributed by atoms with E-state index in [4.69, 9.17) is 5.73 Å². The Hall–Kier alpha value is -3.21. The minimum atomic E-state index is -4.97. The van der Waals surface area contributed by atoms with E-state index in [9.17, 15) is 31.7 Å². The van der Waals surface area contributed by atoms with Crippen molar-refractivity contribution >= 4 is 32.1 Å². The molecule has 3 aromatic rings. The highest BCUT2D eigenvalue weighted by Gasteiger charge is 2.40. The van der Waals surface area contributed by atoms with Gasteiger partial charge in [0, 0.05) is 6.20 Å². The molecule has 140 valence electrons. The standard InChI is InChI=1S/C16H10F3N3O4S/c17-16(18,19)10-5-1-2-6-12(10)27(25,26)13-8-11(20)14-9(4-3-7-21-14)15(13)22(23)24/h1-8H,20H2. The van der Waals surface area contributed by atoms with Crippen LogP contribution in [0, 0.1) is 10.1 Å². The summed E-state index contributed by atoms with van der Waals surface area (Å²) >= 11 is 0. The lowest BCUT2D eigenvalue weighted by atomic mass is 10.1. The summed E-state index contributed by atoms with van der Waals surface area (Å²) in [5, 5.41) is 11.4. The quantitative estimate of drug-likeness (QED) is 0.410. The highest BCUT2D eigenvalue weighted by atomic mass is 32.2. The van der Waals surface area contributed by atoms with Crippen molar-refractivity contribution in [2.24, 2.45) is 0 Å². The second kappa shape index (κ2) is 6.20. The molecule has 2 aromatic carbocycles. The van der Waals surface area contributed by atoms with Crippen molar-refractivity contribution in [1.82, 2.24) is 4.98 Å². The number of fused-ring (bicyclic) bond motifs is 1. The minimum absolute atomic E-state index is 0.0211. The third-order valence-electron chi connectivity index (χ3n) is 3.81. The number of rotatable bonds is 3. The molecular weight excluding hydrogens is 387 g/mol. The van der Waals surface area contributed by atoms with Crippen molar-refractivity contribution in [3.8, 4) is 0 Å². The molecule has 0 aliphatic rings. The molecule has 0 aliphatic carbocycles. The first kappa shape index (κ1) is 18.6. The van der Waals surface area contributed by atoms with E-state index in [0.29, 0.717) is 6.07 Å². The van der Waals surface area contributed by atoms with E-state index in [-0.39, 0.29) is 16.6 Å². The lowest BCUT2D eigenvalue weighted by Crippen LogP contribution is -2.15. The second-order valence-electron chi connectivity index (χ2n) is 5.47. The van der Waals surface area contributed by atoms with Crippen LogP contribution >= 0.6 is 0 Å². The molecule has 27 heavy (non-hydrogen) atoms. The summed E-state index contributed by atoms with van der Waals surface area (Å²) in [6, 6.07) is 6.77. The van der Waals surface area contributed by atoms with Gasteiger partial charge in [-0.2, -0.15) is 13.2 Å². The van der Waals surface area contributed by atoms with Crippen molar-refractivity contribution in [3.63, 3.8) is 0 Å². The maximum atomic E-state index is 13.3. The van der Waals surface area contributed by atoms with Crippen LogP contribution in [-0.2, 0) is 16.0 Å². The van der Waals surface area contributed by atoms with E-state index in [1.807, 2.05) is 0 Å². The first-order valence-electron chi connectivity index (χ1n) is 7.28. The Bertz CT molecular complexity index is 1180. The summed E-state index contributed by atoms with van der Waals surface area (Å²) in [6.45, 7) is 0. The zero-order valence-electron chi connectivity index (χ0n) is 13.3. The zero-order valence-corrected chi connectivity index (χ0v) is 14.1. The highest BCUT2D eigenvalue weighted by Crippen LogP contribution is 2.41. The summed E-state index contributed by atoms with van der Waals surface area (Å²) in [6.07, 6.45) is -3.67. The summed E-state index contributed by atoms with van der Waals surface area (Å²) in [7, 11) is -4.91. The average Bonchev–Trinajstić information content (AvgIpc) is 2.60. The number of halogens is 3. The van der Waals surface area contributed by atoms with Gasteiger partial charge in [0.15, 0.2) is 4.90 Å². The highest BCUT2D eigenvalue weighted by molar-refractivity contribution is 7.91. The van der Waals surface area contributed by atoms with Crippen LogP contribution in [0.3, 0.4) is 0 Å². The van der Waals surface area contributed by atoms with Gasteiger partial charge in [-0.15, -0.1) is 0 Å². The van der Waals surface area contributed by atoms with Crippen molar-refractivity contribution in [1.29, 1.82) is 0 Å². The molecule has 0 spiro atoms. The fourth-order valence-electron chi connectivity index (χ4n) is 2.68. The molecule has 0 saturated heterocycles. The topological polar surface area (TPSA) is 116 Å². The monoisotopic (exact) mass is 397 g/mol. The third-order valence-corrected chi connectivity index (χ3v) is 5.64. The molecule has 0 radical (unpaired) electrons. The third kappa shape index (κ3) is 3.05. The van der Waals surface area contributed by atoms with Crippen LogP contribution in [0.15, 0.2) is 58.5 Å². The number of aromatic nitrogens is 1. The molecule has 0 amide bonds. The summed E-state index contributed by atoms with van der Waals surface area (Å²) in [5.74, 6) is 0. The normalized spacial score (nSPS) is 12.3. The maximum absolute atomic E-state index is 13.3. The van der Waals surface area contributed by atoms with Crippen molar-refractivity contribution in [3.05, 3.63) is 64.3 Å². The molecule has 7 nitrogen and oxygen atoms in total. The van der Waals surface area contributed by atoms with Crippen molar-refractivity contribution in [2.75, 3.05) is 5.73 Å². The lowest BCUT2D eigenvalue weighted by Gasteiger charge is -2.14. The molecule has 2 N–H and O–H groups in total. The van der Waals surface area contributed by atoms with E-state index in [1.54, 1.807) is 0 Å². The van der Waals surface area contributed by atoms with Gasteiger partial charge in [-0.05, 0) is 30.3 Å². The molecule has 0 bridgehead atoms. The number of pyridine rings is 1. The Morgan fingerprint density at radius 2 is 1.74 bits per heavy atom. The number of benzene rings is 2. The van der Waals surface area contributed by atoms with Gasteiger partial charge < -0.3 is 5.73 Å². The molecule has 0 fully saturated rings. The van der Waals surface area contributed by atoms with Crippen LogP contribution in [0.4, 0.5) is 24.5 Å². The minimum Gasteiger partial charge on any atom is -0.397 e. The van der Waals surface area contributed by atoms with Gasteiger partial charge in [-0.25, -0.2) is 8.42 Å². The predicted octanol–water partition coefficient (Wildman–Crippen LogP) is 3.58. The number of alkyl halides is 3. The maximum Gasteiger partial charge on any atom is 0.417 e. The number of hydrogen-bond acceptors (Lipinski definition) is 6. The van der Waals surface area contributed by atoms with Gasteiger partial charge in [0.05, 0.1) is 26.5 Å². The Kier molecular flexibility index (Phi) is 4.26. The summed E-state index contributed by atoms with van der Waals surface area (Å²) in [5.41, 5.74) is 3.21. The zero-order chi connectivity index (χ0) is 20.0. The van der Waals surface area contributed by atoms with E-state index >= 15 is 0 Å². The van der Waals surface area contributed by atoms with E-state index < -0.39 is 42.0 Å². The lowest BCUT2D eigenvalue weighted by molar-refractivity contribution is -0.386. The van der Waals surface area contributed by atoms with Gasteiger partial charge >= 0.3 is 6.18 Å². The Morgan fingerprint density at radius 1 is 1.07 bits per heavy atom. The van der Waals surface area contributed by atoms with Crippen LogP contribution in [-0.4, -0.2) is 18.3 Å². The number of nitrogen functional groups attached to an aromatic ring is 1. The number of nitrogens with two attached hydrogens (primary N) is 1. The number of nitro groups is 1. The average molecular weight is 397 g/mol. The molecule has 3 rings (SSSR count). The van der Waals surface area contributed by atoms with Gasteiger partial charge in [0.2, 0.25) is 9.84 Å². The largest absolute Gasteiger partial charge is 0.417 e. The van der Waals surface area contributed by atoms with Gasteiger partial charge in [-0.3, -0.25) is 15.1 Å². The molecule has 1 aromatic heterocycles. The van der Waals surface area contributed by atoms with Crippen molar-refractivity contribution < 1.29 is 26.5 Å². The van der Waals surface area contributed by atoms with E-state index in [0.717, 1.165) is 24.3 Å². The smallest absolute Gasteiger partial charge is 0.397 e. The van der Waals surface area contributed by atoms with E-state index in [1.165, 1.54) is 18.3 Å². The van der Waals surface area contributed by atoms with Crippen molar-refractivity contribution in [2.45, 2.75) is 16.0 Å². The number of nitrogens with zero attached hydrogens (tertiary/aromatic N) is 2. The van der Waals surface area contributed by atoms with E-state index in [2.05, 4.69) is 4.98 Å². The van der Waals surface area contributed by atoms with Crippen LogP contribution in [0.25, 0.3) is 10.9 Å². The second-order valence-corrected chi connectivity index (χ2v) is 7.35. The Balaban J connectivity index is 2.43. The number of anilines is 1. The summed E-state index contributed by atoms with van der Waals surface area (Å²) in [4.78, 5) is 12.4. The van der Waals surface area contributed by atoms with Gasteiger partial charge in [-0.1, -0.05) is 12.1 Å². The molecule has 0 saturated carbocycles. The summed E-state index contributed by atoms with van der Waals surface area (Å²) < 4.78 is 65.6. The van der Waals surface area contributed by atoms with Crippen LogP contribution in [0.1, 0.15) is 5.56 Å². The number of nitro benzene ring substituents is 1. The van der Waals surface area contributed by atoms with Gasteiger partial charge in [0.1, 0.15) is 5.52 Å². The molecule has 0 unspecified atom stereocenters. The predicted molar refractivity (Wildman–Crippen MR) is 89.7 cm³/mol. The van der Waals surface area contributed by atoms with Crippen LogP contribution in [0.5, 0.6) is 0 Å². The molecule has 1 heterocycles. The SMILES string of the molecule is Nc1cc(S(=O)(=O)c2ccccc2C(F)(F)F)c([N+](=O)[O-])c2cccnc12. The molecular formula is C16H10F3N3O4S. The molecule has 0 atom stereocenters. The van der Waals surface area contributed by atoms with Gasteiger partial charge in [0.25, 0.3) is 5.69 Å². The fourth-order valence-corrected chi connectivity index (χ4v) is 4.37. The van der Waals surface area contributed by atoms with Crippen LogP contribution in [0.2, 0.25) is 0 Å². The molecule has 11 heteroatoms. The Morgan fingerprint density at radius 3 is 2.37 bits per heavy atom. The Labute approximate surface area is 150 Å².